The molecule has 0 fully saturated rings. The molecular weight excluding hydrogens is 169 g/mol. The number of hydrogen-bond donors (Lipinski definition) is 1. The second-order valence-electron chi connectivity index (χ2n) is 2.99. The zero-order chi connectivity index (χ0) is 9.42. The molecule has 0 aliphatic heterocycles. The van der Waals surface area contributed by atoms with Gasteiger partial charge in [0, 0.05) is 17.6 Å². The predicted octanol–water partition coefficient (Wildman–Crippen LogP) is 1.98. The molecule has 0 spiro atoms. The molecule has 0 aliphatic rings. The summed E-state index contributed by atoms with van der Waals surface area (Å²) >= 11 is 0. The van der Waals surface area contributed by atoms with Crippen molar-refractivity contribution in [3.8, 4) is 0 Å². The minimum Gasteiger partial charge on any atom is -0.361 e. The number of pyridine rings is 1. The van der Waals surface area contributed by atoms with Gasteiger partial charge in [-0.25, -0.2) is 4.39 Å². The highest BCUT2D eigenvalue weighted by atomic mass is 19.1. The van der Waals surface area contributed by atoms with E-state index < -0.39 is 0 Å². The lowest BCUT2D eigenvalue weighted by Crippen LogP contribution is -2.02. The highest BCUT2D eigenvalue weighted by molar-refractivity contribution is 5.81. The van der Waals surface area contributed by atoms with Crippen LogP contribution in [0.5, 0.6) is 0 Å². The zero-order valence-corrected chi connectivity index (χ0v) is 7.10. The lowest BCUT2D eigenvalue weighted by Gasteiger charge is -2.00. The number of benzene rings is 1. The number of nitrogens with one attached hydrogen (secondary N) is 1. The van der Waals surface area contributed by atoms with E-state index in [1.54, 1.807) is 6.92 Å². The van der Waals surface area contributed by atoms with E-state index in [1.165, 1.54) is 24.4 Å². The molecule has 0 radical (unpaired) electrons. The first-order chi connectivity index (χ1) is 6.18. The Bertz CT molecular complexity index is 516. The van der Waals surface area contributed by atoms with Gasteiger partial charge in [0.25, 0.3) is 0 Å². The van der Waals surface area contributed by atoms with Gasteiger partial charge < -0.3 is 4.98 Å². The van der Waals surface area contributed by atoms with Crippen LogP contribution in [0.3, 0.4) is 0 Å². The highest BCUT2D eigenvalue weighted by Crippen LogP contribution is 2.13. The molecule has 0 saturated carbocycles. The number of aromatic nitrogens is 1. The summed E-state index contributed by atoms with van der Waals surface area (Å²) in [6.07, 6.45) is 1.52. The smallest absolute Gasteiger partial charge is 0.189 e. The van der Waals surface area contributed by atoms with E-state index in [4.69, 9.17) is 0 Å². The lowest BCUT2D eigenvalue weighted by molar-refractivity contribution is 0.628. The Hall–Kier alpha value is -1.64. The first kappa shape index (κ1) is 7.98. The van der Waals surface area contributed by atoms with E-state index in [0.717, 1.165) is 0 Å². The molecule has 0 saturated heterocycles. The van der Waals surface area contributed by atoms with Crippen molar-refractivity contribution < 1.29 is 4.39 Å². The maximum atomic E-state index is 12.9. The van der Waals surface area contributed by atoms with Gasteiger partial charge in [-0.2, -0.15) is 0 Å². The number of rotatable bonds is 0. The van der Waals surface area contributed by atoms with Crippen LogP contribution in [0, 0.1) is 12.7 Å². The number of fused-ring (bicyclic) bond motifs is 1. The maximum Gasteiger partial charge on any atom is 0.189 e. The molecule has 66 valence electrons. The van der Waals surface area contributed by atoms with Gasteiger partial charge in [0.15, 0.2) is 5.43 Å². The molecule has 1 N–H and O–H groups in total. The Labute approximate surface area is 74.0 Å². The summed E-state index contributed by atoms with van der Waals surface area (Å²) in [5, 5.41) is 0.559. The molecule has 0 unspecified atom stereocenters. The van der Waals surface area contributed by atoms with Gasteiger partial charge in [0.2, 0.25) is 0 Å². The molecule has 2 nitrogen and oxygen atoms in total. The van der Waals surface area contributed by atoms with E-state index in [1.807, 2.05) is 0 Å². The quantitative estimate of drug-likeness (QED) is 0.655. The third-order valence-electron chi connectivity index (χ3n) is 2.02. The largest absolute Gasteiger partial charge is 0.361 e. The fourth-order valence-electron chi connectivity index (χ4n) is 1.47. The first-order valence-electron chi connectivity index (χ1n) is 3.96. The van der Waals surface area contributed by atoms with Crippen LogP contribution in [-0.4, -0.2) is 4.98 Å². The van der Waals surface area contributed by atoms with Gasteiger partial charge in [-0.3, -0.25) is 4.79 Å². The van der Waals surface area contributed by atoms with Gasteiger partial charge in [-0.05, 0) is 24.6 Å². The average Bonchev–Trinajstić information content (AvgIpc) is 2.02. The van der Waals surface area contributed by atoms with Crippen LogP contribution in [0.4, 0.5) is 4.39 Å². The fraction of sp³-hybridized carbons (Fsp3) is 0.100. The molecule has 2 rings (SSSR count). The molecule has 1 aromatic carbocycles. The molecule has 13 heavy (non-hydrogen) atoms. The standard InChI is InChI=1S/C10H8FNO/c1-6-4-7(11)5-8-10(6)9(13)2-3-12-8/h2-5H,1H3,(H,12,13). The molecule has 3 heteroatoms. The zero-order valence-electron chi connectivity index (χ0n) is 7.10. The molecular formula is C10H8FNO. The topological polar surface area (TPSA) is 32.9 Å². The average molecular weight is 177 g/mol. The van der Waals surface area contributed by atoms with Crippen molar-refractivity contribution in [1.29, 1.82) is 0 Å². The summed E-state index contributed by atoms with van der Waals surface area (Å²) in [5.74, 6) is -0.327. The number of halogens is 1. The first-order valence-corrected chi connectivity index (χ1v) is 3.96. The van der Waals surface area contributed by atoms with Crippen LogP contribution < -0.4 is 5.43 Å². The monoisotopic (exact) mass is 177 g/mol. The Morgan fingerprint density at radius 1 is 1.38 bits per heavy atom. The van der Waals surface area contributed by atoms with E-state index in [-0.39, 0.29) is 11.2 Å². The van der Waals surface area contributed by atoms with Crippen molar-refractivity contribution in [3.05, 3.63) is 46.0 Å². The van der Waals surface area contributed by atoms with Gasteiger partial charge in [-0.15, -0.1) is 0 Å². The molecule has 0 amide bonds. The molecule has 0 bridgehead atoms. The van der Waals surface area contributed by atoms with Crippen LogP contribution in [0.15, 0.2) is 29.2 Å². The summed E-state index contributed by atoms with van der Waals surface area (Å²) in [7, 11) is 0. The van der Waals surface area contributed by atoms with Gasteiger partial charge in [0.05, 0.1) is 5.52 Å². The molecule has 2 aromatic rings. The lowest BCUT2D eigenvalue weighted by atomic mass is 10.1. The molecule has 0 aliphatic carbocycles. The Morgan fingerprint density at radius 2 is 2.15 bits per heavy atom. The normalized spacial score (nSPS) is 10.6. The van der Waals surface area contributed by atoms with Crippen molar-refractivity contribution in [2.75, 3.05) is 0 Å². The summed E-state index contributed by atoms with van der Waals surface area (Å²) < 4.78 is 12.9. The third kappa shape index (κ3) is 1.22. The number of aryl methyl sites for hydroxylation is 1. The van der Waals surface area contributed by atoms with E-state index in [0.29, 0.717) is 16.5 Å². The van der Waals surface area contributed by atoms with Crippen molar-refractivity contribution in [1.82, 2.24) is 4.98 Å². The third-order valence-corrected chi connectivity index (χ3v) is 2.02. The van der Waals surface area contributed by atoms with Crippen molar-refractivity contribution in [2.24, 2.45) is 0 Å². The molecule has 1 heterocycles. The second-order valence-corrected chi connectivity index (χ2v) is 2.99. The van der Waals surface area contributed by atoms with Crippen LogP contribution >= 0.6 is 0 Å². The number of aromatic amines is 1. The summed E-state index contributed by atoms with van der Waals surface area (Å²) in [6.45, 7) is 1.72. The van der Waals surface area contributed by atoms with Crippen LogP contribution in [0.1, 0.15) is 5.56 Å². The summed E-state index contributed by atoms with van der Waals surface area (Å²) in [6, 6.07) is 4.12. The number of hydrogen-bond acceptors (Lipinski definition) is 1. The Morgan fingerprint density at radius 3 is 2.92 bits per heavy atom. The van der Waals surface area contributed by atoms with Crippen LogP contribution in [0.25, 0.3) is 10.9 Å². The van der Waals surface area contributed by atoms with Crippen molar-refractivity contribution in [3.63, 3.8) is 0 Å². The van der Waals surface area contributed by atoms with E-state index in [2.05, 4.69) is 4.98 Å². The molecule has 1 aromatic heterocycles. The minimum absolute atomic E-state index is 0.0775. The Balaban J connectivity index is 3.03. The Kier molecular flexibility index (Phi) is 1.65. The predicted molar refractivity (Wildman–Crippen MR) is 49.3 cm³/mol. The van der Waals surface area contributed by atoms with E-state index >= 15 is 0 Å². The maximum absolute atomic E-state index is 12.9. The van der Waals surface area contributed by atoms with E-state index in [9.17, 15) is 9.18 Å². The van der Waals surface area contributed by atoms with Gasteiger partial charge in [0.1, 0.15) is 5.82 Å². The SMILES string of the molecule is Cc1cc(F)cc2[nH]ccc(=O)c12. The highest BCUT2D eigenvalue weighted by Gasteiger charge is 2.03. The van der Waals surface area contributed by atoms with Crippen molar-refractivity contribution >= 4 is 10.9 Å². The van der Waals surface area contributed by atoms with Crippen LogP contribution in [0.2, 0.25) is 0 Å². The number of H-pyrrole nitrogens is 1. The summed E-state index contributed by atoms with van der Waals surface area (Å²) in [4.78, 5) is 14.2. The van der Waals surface area contributed by atoms with Crippen LogP contribution in [-0.2, 0) is 0 Å². The second kappa shape index (κ2) is 2.69. The molecule has 0 atom stereocenters. The minimum atomic E-state index is -0.327. The fourth-order valence-corrected chi connectivity index (χ4v) is 1.47. The van der Waals surface area contributed by atoms with Gasteiger partial charge >= 0.3 is 0 Å². The summed E-state index contributed by atoms with van der Waals surface area (Å²) in [5.41, 5.74) is 1.13. The van der Waals surface area contributed by atoms with Gasteiger partial charge in [-0.1, -0.05) is 0 Å². The van der Waals surface area contributed by atoms with Crippen molar-refractivity contribution in [2.45, 2.75) is 6.92 Å².